The molecule has 5 nitrogen and oxygen atoms in total. The number of aryl methyl sites for hydroxylation is 1. The Morgan fingerprint density at radius 2 is 2.09 bits per heavy atom. The molecular formula is C16H16N4OS. The lowest BCUT2D eigenvalue weighted by molar-refractivity contribution is 0.0946. The monoisotopic (exact) mass is 312 g/mol. The summed E-state index contributed by atoms with van der Waals surface area (Å²) in [7, 11) is 0. The molecule has 1 aromatic carbocycles. The molecule has 0 aliphatic rings. The molecule has 2 heterocycles. The first-order chi connectivity index (χ1) is 10.7. The molecule has 1 amide bonds. The lowest BCUT2D eigenvalue weighted by Gasteiger charge is -2.02. The maximum atomic E-state index is 12.1. The summed E-state index contributed by atoms with van der Waals surface area (Å²) in [5.74, 6) is -0.202. The number of hydrogen-bond donors (Lipinski definition) is 1. The van der Waals surface area contributed by atoms with Crippen molar-refractivity contribution in [2.75, 3.05) is 0 Å². The molecule has 0 saturated carbocycles. The van der Waals surface area contributed by atoms with Gasteiger partial charge in [-0.05, 0) is 29.5 Å². The number of nitrogens with zero attached hydrogens (tertiary/aromatic N) is 3. The molecule has 22 heavy (non-hydrogen) atoms. The molecule has 0 radical (unpaired) electrons. The van der Waals surface area contributed by atoms with Crippen LogP contribution in [-0.2, 0) is 13.1 Å². The molecule has 2 aromatic heterocycles. The van der Waals surface area contributed by atoms with Crippen LogP contribution in [0.3, 0.4) is 0 Å². The van der Waals surface area contributed by atoms with Crippen molar-refractivity contribution in [2.24, 2.45) is 0 Å². The van der Waals surface area contributed by atoms with E-state index in [2.05, 4.69) is 15.6 Å². The highest BCUT2D eigenvalue weighted by atomic mass is 32.1. The third-order valence-corrected chi connectivity index (χ3v) is 4.36. The summed E-state index contributed by atoms with van der Waals surface area (Å²) >= 11 is 1.64. The topological polar surface area (TPSA) is 59.8 Å². The molecule has 0 spiro atoms. The highest BCUT2D eigenvalue weighted by Crippen LogP contribution is 2.14. The Labute approximate surface area is 132 Å². The largest absolute Gasteiger partial charge is 0.346 e. The average Bonchev–Trinajstić information content (AvgIpc) is 3.15. The summed E-state index contributed by atoms with van der Waals surface area (Å²) in [5.41, 5.74) is 2.65. The number of nitrogens with one attached hydrogen (secondary N) is 1. The van der Waals surface area contributed by atoms with E-state index < -0.39 is 0 Å². The van der Waals surface area contributed by atoms with Crippen LogP contribution in [0.15, 0.2) is 48.0 Å². The Kier molecular flexibility index (Phi) is 4.29. The second kappa shape index (κ2) is 6.53. The van der Waals surface area contributed by atoms with Crippen LogP contribution in [0.2, 0.25) is 0 Å². The first-order valence-electron chi connectivity index (χ1n) is 6.97. The summed E-state index contributed by atoms with van der Waals surface area (Å²) < 4.78 is 1.67. The van der Waals surface area contributed by atoms with Gasteiger partial charge in [0.2, 0.25) is 0 Å². The normalized spacial score (nSPS) is 10.6. The van der Waals surface area contributed by atoms with Gasteiger partial charge in [0.15, 0.2) is 5.69 Å². The molecular weight excluding hydrogens is 296 g/mol. The number of aromatic nitrogens is 3. The van der Waals surface area contributed by atoms with Crippen molar-refractivity contribution < 1.29 is 4.79 Å². The van der Waals surface area contributed by atoms with Crippen LogP contribution in [0.4, 0.5) is 0 Å². The van der Waals surface area contributed by atoms with Crippen molar-refractivity contribution in [3.63, 3.8) is 0 Å². The fourth-order valence-electron chi connectivity index (χ4n) is 2.09. The number of amides is 1. The van der Waals surface area contributed by atoms with Gasteiger partial charge in [-0.15, -0.1) is 16.4 Å². The van der Waals surface area contributed by atoms with Crippen molar-refractivity contribution in [1.82, 2.24) is 20.3 Å². The van der Waals surface area contributed by atoms with E-state index in [1.54, 1.807) is 22.2 Å². The first-order valence-corrected chi connectivity index (χ1v) is 7.85. The fraction of sp³-hybridized carbons (Fsp3) is 0.188. The molecule has 0 saturated heterocycles. The second-order valence-electron chi connectivity index (χ2n) is 5.00. The van der Waals surface area contributed by atoms with Crippen LogP contribution in [0.5, 0.6) is 0 Å². The first kappa shape index (κ1) is 14.5. The minimum Gasteiger partial charge on any atom is -0.346 e. The molecule has 0 atom stereocenters. The second-order valence-corrected chi connectivity index (χ2v) is 6.00. The number of carbonyl (C=O) groups excluding carboxylic acids is 1. The Bertz CT molecular complexity index is 763. The summed E-state index contributed by atoms with van der Waals surface area (Å²) in [5, 5.41) is 12.8. The van der Waals surface area contributed by atoms with Crippen LogP contribution < -0.4 is 5.32 Å². The highest BCUT2D eigenvalue weighted by molar-refractivity contribution is 7.10. The zero-order valence-corrected chi connectivity index (χ0v) is 13.0. The number of rotatable bonds is 5. The van der Waals surface area contributed by atoms with Gasteiger partial charge in [0.25, 0.3) is 5.91 Å². The van der Waals surface area contributed by atoms with Crippen molar-refractivity contribution in [2.45, 2.75) is 20.0 Å². The number of carbonyl (C=O) groups is 1. The molecule has 0 bridgehead atoms. The van der Waals surface area contributed by atoms with Crippen LogP contribution in [0.25, 0.3) is 0 Å². The fourth-order valence-corrected chi connectivity index (χ4v) is 2.93. The quantitative estimate of drug-likeness (QED) is 0.788. The maximum absolute atomic E-state index is 12.1. The minimum atomic E-state index is -0.202. The molecule has 112 valence electrons. The van der Waals surface area contributed by atoms with Gasteiger partial charge in [-0.3, -0.25) is 4.79 Å². The van der Waals surface area contributed by atoms with Crippen molar-refractivity contribution in [1.29, 1.82) is 0 Å². The van der Waals surface area contributed by atoms with E-state index in [9.17, 15) is 4.79 Å². The van der Waals surface area contributed by atoms with Gasteiger partial charge in [0, 0.05) is 4.88 Å². The number of hydrogen-bond acceptors (Lipinski definition) is 4. The Balaban J connectivity index is 1.61. The van der Waals surface area contributed by atoms with Gasteiger partial charge in [-0.1, -0.05) is 35.5 Å². The van der Waals surface area contributed by atoms with Gasteiger partial charge in [0.05, 0.1) is 19.3 Å². The predicted molar refractivity (Wildman–Crippen MR) is 85.8 cm³/mol. The zero-order chi connectivity index (χ0) is 15.4. The molecule has 3 aromatic rings. The highest BCUT2D eigenvalue weighted by Gasteiger charge is 2.11. The van der Waals surface area contributed by atoms with Gasteiger partial charge in [-0.25, -0.2) is 4.68 Å². The van der Waals surface area contributed by atoms with Crippen molar-refractivity contribution in [3.8, 4) is 0 Å². The number of benzene rings is 1. The summed E-state index contributed by atoms with van der Waals surface area (Å²) in [4.78, 5) is 13.3. The molecule has 0 fully saturated rings. The summed E-state index contributed by atoms with van der Waals surface area (Å²) in [6, 6.07) is 12.0. The van der Waals surface area contributed by atoms with E-state index in [-0.39, 0.29) is 5.91 Å². The van der Waals surface area contributed by atoms with Crippen LogP contribution in [0, 0.1) is 6.92 Å². The van der Waals surface area contributed by atoms with Crippen molar-refractivity contribution in [3.05, 3.63) is 69.7 Å². The van der Waals surface area contributed by atoms with Gasteiger partial charge in [0.1, 0.15) is 0 Å². The Hall–Kier alpha value is -2.47. The van der Waals surface area contributed by atoms with Gasteiger partial charge in [-0.2, -0.15) is 0 Å². The predicted octanol–water partition coefficient (Wildman–Crippen LogP) is 2.63. The smallest absolute Gasteiger partial charge is 0.273 e. The summed E-state index contributed by atoms with van der Waals surface area (Å²) in [6.45, 7) is 3.16. The molecule has 3 rings (SSSR count). The van der Waals surface area contributed by atoms with E-state index in [0.29, 0.717) is 18.8 Å². The minimum absolute atomic E-state index is 0.202. The van der Waals surface area contributed by atoms with E-state index in [4.69, 9.17) is 0 Å². The van der Waals surface area contributed by atoms with Crippen LogP contribution in [-0.4, -0.2) is 20.9 Å². The van der Waals surface area contributed by atoms with Crippen molar-refractivity contribution >= 4 is 17.2 Å². The third kappa shape index (κ3) is 3.40. The van der Waals surface area contributed by atoms with Crippen LogP contribution in [0.1, 0.15) is 26.5 Å². The molecule has 0 aliphatic heterocycles. The van der Waals surface area contributed by atoms with Gasteiger partial charge >= 0.3 is 0 Å². The lowest BCUT2D eigenvalue weighted by Crippen LogP contribution is -2.23. The SMILES string of the molecule is Cc1ccsc1CNC(=O)c1cn(Cc2ccccc2)nn1. The maximum Gasteiger partial charge on any atom is 0.273 e. The average molecular weight is 312 g/mol. The van der Waals surface area contributed by atoms with E-state index in [1.165, 1.54) is 5.56 Å². The standard InChI is InChI=1S/C16H16N4OS/c1-12-7-8-22-15(12)9-17-16(21)14-11-20(19-18-14)10-13-5-3-2-4-6-13/h2-8,11H,9-10H2,1H3,(H,17,21). The Morgan fingerprint density at radius 3 is 2.82 bits per heavy atom. The zero-order valence-electron chi connectivity index (χ0n) is 12.2. The molecule has 6 heteroatoms. The van der Waals surface area contributed by atoms with E-state index >= 15 is 0 Å². The van der Waals surface area contributed by atoms with E-state index in [0.717, 1.165) is 10.4 Å². The number of thiophene rings is 1. The van der Waals surface area contributed by atoms with Crippen LogP contribution >= 0.6 is 11.3 Å². The summed E-state index contributed by atoms with van der Waals surface area (Å²) in [6.07, 6.45) is 1.67. The lowest BCUT2D eigenvalue weighted by atomic mass is 10.2. The van der Waals surface area contributed by atoms with E-state index in [1.807, 2.05) is 48.7 Å². The molecule has 1 N–H and O–H groups in total. The molecule has 0 unspecified atom stereocenters. The third-order valence-electron chi connectivity index (χ3n) is 3.34. The molecule has 0 aliphatic carbocycles. The van der Waals surface area contributed by atoms with Gasteiger partial charge < -0.3 is 5.32 Å². The Morgan fingerprint density at radius 1 is 1.27 bits per heavy atom.